The first-order chi connectivity index (χ1) is 10.3. The molecule has 1 aromatic heterocycles. The smallest absolute Gasteiger partial charge is 0.253 e. The van der Waals surface area contributed by atoms with Crippen molar-refractivity contribution in [2.75, 3.05) is 6.54 Å². The van der Waals surface area contributed by atoms with Crippen LogP contribution in [0.2, 0.25) is 0 Å². The molecule has 5 nitrogen and oxygen atoms in total. The Balaban J connectivity index is 1.91. The van der Waals surface area contributed by atoms with Crippen molar-refractivity contribution in [1.29, 1.82) is 0 Å². The van der Waals surface area contributed by atoms with Gasteiger partial charge in [-0.05, 0) is 29.8 Å². The number of rotatable bonds is 5. The first-order valence-electron chi connectivity index (χ1n) is 6.90. The van der Waals surface area contributed by atoms with Crippen LogP contribution in [-0.4, -0.2) is 16.7 Å². The summed E-state index contributed by atoms with van der Waals surface area (Å²) in [6.07, 6.45) is 0.763. The maximum atomic E-state index is 5.85. The molecular weight excluding hydrogens is 266 g/mol. The third-order valence-corrected chi connectivity index (χ3v) is 3.31. The summed E-state index contributed by atoms with van der Waals surface area (Å²) in [4.78, 5) is 0. The maximum Gasteiger partial charge on any atom is 0.253 e. The molecule has 2 N–H and O–H groups in total. The lowest BCUT2D eigenvalue weighted by Gasteiger charge is -2.12. The molecule has 0 aliphatic heterocycles. The molecule has 0 unspecified atom stereocenters. The second-order valence-corrected chi connectivity index (χ2v) is 4.81. The van der Waals surface area contributed by atoms with Gasteiger partial charge in [-0.2, -0.15) is 0 Å². The third-order valence-electron chi connectivity index (χ3n) is 3.31. The van der Waals surface area contributed by atoms with E-state index in [0.29, 0.717) is 18.3 Å². The van der Waals surface area contributed by atoms with Gasteiger partial charge >= 0.3 is 0 Å². The lowest BCUT2D eigenvalue weighted by atomic mass is 10.0. The molecule has 108 valence electrons. The number of fused-ring (bicyclic) bond motifs is 1. The lowest BCUT2D eigenvalue weighted by Crippen LogP contribution is -2.06. The van der Waals surface area contributed by atoms with E-state index in [9.17, 15) is 0 Å². The van der Waals surface area contributed by atoms with Gasteiger partial charge in [0.15, 0.2) is 6.61 Å². The number of hydrogen-bond acceptors (Lipinski definition) is 5. The van der Waals surface area contributed by atoms with Gasteiger partial charge in [0, 0.05) is 12.5 Å². The van der Waals surface area contributed by atoms with Gasteiger partial charge in [-0.1, -0.05) is 30.3 Å². The predicted octanol–water partition coefficient (Wildman–Crippen LogP) is 2.61. The van der Waals surface area contributed by atoms with E-state index in [0.717, 1.165) is 17.7 Å². The van der Waals surface area contributed by atoms with Crippen molar-refractivity contribution in [3.05, 3.63) is 53.7 Å². The van der Waals surface area contributed by atoms with Crippen LogP contribution in [0.15, 0.2) is 40.8 Å². The van der Waals surface area contributed by atoms with Gasteiger partial charge < -0.3 is 14.9 Å². The molecule has 0 bridgehead atoms. The molecule has 0 spiro atoms. The molecule has 0 amide bonds. The number of nitrogens with two attached hydrogens (primary N) is 1. The molecule has 0 aliphatic carbocycles. The minimum absolute atomic E-state index is 0.261. The maximum absolute atomic E-state index is 5.85. The highest BCUT2D eigenvalue weighted by atomic mass is 16.5. The molecule has 0 aliphatic rings. The van der Waals surface area contributed by atoms with Gasteiger partial charge in [0.2, 0.25) is 5.89 Å². The molecule has 5 heteroatoms. The van der Waals surface area contributed by atoms with E-state index in [1.807, 2.05) is 24.3 Å². The van der Waals surface area contributed by atoms with Gasteiger partial charge in [-0.25, -0.2) is 0 Å². The van der Waals surface area contributed by atoms with Crippen LogP contribution in [0.4, 0.5) is 0 Å². The molecule has 1 heterocycles. The van der Waals surface area contributed by atoms with Crippen LogP contribution in [0, 0.1) is 6.92 Å². The Morgan fingerprint density at radius 3 is 2.76 bits per heavy atom. The zero-order valence-electron chi connectivity index (χ0n) is 11.9. The Labute approximate surface area is 122 Å². The van der Waals surface area contributed by atoms with E-state index < -0.39 is 0 Å². The Kier molecular flexibility index (Phi) is 3.83. The van der Waals surface area contributed by atoms with Gasteiger partial charge in [-0.3, -0.25) is 0 Å². The Morgan fingerprint density at radius 1 is 1.14 bits per heavy atom. The first-order valence-corrected chi connectivity index (χ1v) is 6.90. The zero-order chi connectivity index (χ0) is 14.7. The second-order valence-electron chi connectivity index (χ2n) is 4.81. The van der Waals surface area contributed by atoms with Crippen LogP contribution < -0.4 is 10.5 Å². The summed E-state index contributed by atoms with van der Waals surface area (Å²) in [5.41, 5.74) is 6.85. The van der Waals surface area contributed by atoms with Crippen molar-refractivity contribution >= 4 is 10.8 Å². The monoisotopic (exact) mass is 283 g/mol. The van der Waals surface area contributed by atoms with Crippen LogP contribution >= 0.6 is 0 Å². The molecule has 2 aromatic carbocycles. The highest BCUT2D eigenvalue weighted by molar-refractivity contribution is 5.87. The molecule has 0 saturated carbocycles. The van der Waals surface area contributed by atoms with Crippen LogP contribution in [0.3, 0.4) is 0 Å². The van der Waals surface area contributed by atoms with Gasteiger partial charge in [-0.15, -0.1) is 10.2 Å². The number of aryl methyl sites for hydroxylation is 1. The molecule has 0 atom stereocenters. The van der Waals surface area contributed by atoms with E-state index in [2.05, 4.69) is 22.3 Å². The van der Waals surface area contributed by atoms with Crippen LogP contribution in [-0.2, 0) is 13.0 Å². The summed E-state index contributed by atoms with van der Waals surface area (Å²) in [5, 5.41) is 10.1. The van der Waals surface area contributed by atoms with E-state index in [1.165, 1.54) is 10.8 Å². The van der Waals surface area contributed by atoms with E-state index in [4.69, 9.17) is 14.9 Å². The summed E-state index contributed by atoms with van der Waals surface area (Å²) < 4.78 is 11.2. The molecule has 3 rings (SSSR count). The van der Waals surface area contributed by atoms with Crippen molar-refractivity contribution in [2.24, 2.45) is 5.73 Å². The number of ether oxygens (including phenoxy) is 1. The fraction of sp³-hybridized carbons (Fsp3) is 0.250. The van der Waals surface area contributed by atoms with Crippen LogP contribution in [0.1, 0.15) is 17.3 Å². The van der Waals surface area contributed by atoms with Crippen molar-refractivity contribution in [3.63, 3.8) is 0 Å². The van der Waals surface area contributed by atoms with E-state index >= 15 is 0 Å². The van der Waals surface area contributed by atoms with Crippen molar-refractivity contribution in [3.8, 4) is 5.75 Å². The average molecular weight is 283 g/mol. The van der Waals surface area contributed by atoms with Crippen molar-refractivity contribution < 1.29 is 9.15 Å². The predicted molar refractivity (Wildman–Crippen MR) is 80.1 cm³/mol. The Morgan fingerprint density at radius 2 is 2.00 bits per heavy atom. The fourth-order valence-electron chi connectivity index (χ4n) is 2.39. The normalized spacial score (nSPS) is 11.0. The van der Waals surface area contributed by atoms with Crippen LogP contribution in [0.5, 0.6) is 5.75 Å². The number of hydrogen-bond donors (Lipinski definition) is 1. The van der Waals surface area contributed by atoms with Crippen molar-refractivity contribution in [1.82, 2.24) is 10.2 Å². The molecule has 3 aromatic rings. The fourth-order valence-corrected chi connectivity index (χ4v) is 2.39. The second kappa shape index (κ2) is 5.93. The first kappa shape index (κ1) is 13.6. The number of nitrogens with zero attached hydrogens (tertiary/aromatic N) is 2. The molecule has 0 radical (unpaired) electrons. The zero-order valence-corrected chi connectivity index (χ0v) is 11.9. The quantitative estimate of drug-likeness (QED) is 0.779. The lowest BCUT2D eigenvalue weighted by molar-refractivity contribution is 0.258. The molecular formula is C16H17N3O2. The third kappa shape index (κ3) is 2.87. The summed E-state index contributed by atoms with van der Waals surface area (Å²) in [7, 11) is 0. The summed E-state index contributed by atoms with van der Waals surface area (Å²) in [6.45, 7) is 2.59. The Bertz CT molecular complexity index is 752. The highest BCUT2D eigenvalue weighted by Crippen LogP contribution is 2.29. The van der Waals surface area contributed by atoms with Gasteiger partial charge in [0.25, 0.3) is 5.89 Å². The Hall–Kier alpha value is -2.40. The number of benzene rings is 2. The topological polar surface area (TPSA) is 74.2 Å². The summed E-state index contributed by atoms with van der Waals surface area (Å²) in [6, 6.07) is 12.2. The molecule has 0 fully saturated rings. The van der Waals surface area contributed by atoms with E-state index in [-0.39, 0.29) is 6.61 Å². The molecule has 21 heavy (non-hydrogen) atoms. The number of aromatic nitrogens is 2. The van der Waals surface area contributed by atoms with Crippen molar-refractivity contribution in [2.45, 2.75) is 20.0 Å². The largest absolute Gasteiger partial charge is 0.484 e. The van der Waals surface area contributed by atoms with Gasteiger partial charge in [0.1, 0.15) is 5.75 Å². The molecule has 0 saturated heterocycles. The van der Waals surface area contributed by atoms with E-state index in [1.54, 1.807) is 6.92 Å². The summed E-state index contributed by atoms with van der Waals surface area (Å²) in [5.74, 6) is 1.82. The average Bonchev–Trinajstić information content (AvgIpc) is 2.92. The highest BCUT2D eigenvalue weighted by Gasteiger charge is 2.10. The van der Waals surface area contributed by atoms with Crippen LogP contribution in [0.25, 0.3) is 10.8 Å². The minimum atomic E-state index is 0.261. The minimum Gasteiger partial charge on any atom is -0.484 e. The SMILES string of the molecule is Cc1nnc(COc2ccc3ccccc3c2CCN)o1. The summed E-state index contributed by atoms with van der Waals surface area (Å²) >= 11 is 0. The standard InChI is InChI=1S/C16H17N3O2/c1-11-18-19-16(21-11)10-20-15-7-6-12-4-2-3-5-13(12)14(15)8-9-17/h2-7H,8-10,17H2,1H3. The van der Waals surface area contributed by atoms with Gasteiger partial charge in [0.05, 0.1) is 0 Å².